The highest BCUT2D eigenvalue weighted by molar-refractivity contribution is 7.10. The van der Waals surface area contributed by atoms with Gasteiger partial charge in [0.2, 0.25) is 0 Å². The summed E-state index contributed by atoms with van der Waals surface area (Å²) in [4.78, 5) is 32.5. The summed E-state index contributed by atoms with van der Waals surface area (Å²) in [5.41, 5.74) is 1.38. The summed E-state index contributed by atoms with van der Waals surface area (Å²) in [6, 6.07) is 8.08. The fraction of sp³-hybridized carbons (Fsp3) is 0.292. The highest BCUT2D eigenvalue weighted by atomic mass is 32.1. The molecular weight excluding hydrogens is 460 g/mol. The quantitative estimate of drug-likeness (QED) is 0.543. The summed E-state index contributed by atoms with van der Waals surface area (Å²) in [5.74, 6) is 0.0763. The van der Waals surface area contributed by atoms with Crippen LogP contribution < -0.4 is 19.6 Å². The van der Waals surface area contributed by atoms with E-state index < -0.39 is 12.0 Å². The number of hydrogen-bond acceptors (Lipinski definition) is 8. The molecule has 0 radical (unpaired) electrons. The fourth-order valence-electron chi connectivity index (χ4n) is 3.55. The molecule has 1 aliphatic rings. The zero-order chi connectivity index (χ0) is 23.7. The van der Waals surface area contributed by atoms with E-state index in [-0.39, 0.29) is 17.2 Å². The van der Waals surface area contributed by atoms with Crippen molar-refractivity contribution < 1.29 is 19.4 Å². The van der Waals surface area contributed by atoms with Gasteiger partial charge in [-0.25, -0.2) is 9.79 Å². The molecule has 1 unspecified atom stereocenters. The number of benzene rings is 1. The van der Waals surface area contributed by atoms with E-state index in [2.05, 4.69) is 4.99 Å². The van der Waals surface area contributed by atoms with E-state index >= 15 is 0 Å². The number of thiazole rings is 1. The average Bonchev–Trinajstić information content (AvgIpc) is 3.41. The molecule has 33 heavy (non-hydrogen) atoms. The van der Waals surface area contributed by atoms with E-state index in [9.17, 15) is 14.7 Å². The second kappa shape index (κ2) is 9.36. The zero-order valence-electron chi connectivity index (χ0n) is 18.7. The van der Waals surface area contributed by atoms with Gasteiger partial charge in [0.25, 0.3) is 5.56 Å². The van der Waals surface area contributed by atoms with Gasteiger partial charge in [-0.15, -0.1) is 11.3 Å². The molecule has 0 saturated heterocycles. The molecule has 0 aliphatic carbocycles. The number of nitrogens with zero attached hydrogens (tertiary/aromatic N) is 2. The van der Waals surface area contributed by atoms with E-state index in [1.165, 1.54) is 35.8 Å². The van der Waals surface area contributed by atoms with Crippen LogP contribution in [0.4, 0.5) is 0 Å². The van der Waals surface area contributed by atoms with Crippen LogP contribution in [0.25, 0.3) is 6.08 Å². The molecule has 1 atom stereocenters. The number of thiophene rings is 1. The second-order valence-electron chi connectivity index (χ2n) is 8.02. The average molecular weight is 485 g/mol. The van der Waals surface area contributed by atoms with Crippen LogP contribution in [0.1, 0.15) is 37.3 Å². The van der Waals surface area contributed by atoms with Gasteiger partial charge in [0, 0.05) is 4.88 Å². The third kappa shape index (κ3) is 4.51. The Morgan fingerprint density at radius 3 is 2.79 bits per heavy atom. The molecule has 0 bridgehead atoms. The van der Waals surface area contributed by atoms with Crippen LogP contribution in [-0.2, 0) is 9.53 Å². The number of carbonyl (C=O) groups is 1. The lowest BCUT2D eigenvalue weighted by Gasteiger charge is -2.23. The first kappa shape index (κ1) is 23.0. The fourth-order valence-corrected chi connectivity index (χ4v) is 5.42. The van der Waals surface area contributed by atoms with Gasteiger partial charge in [-0.3, -0.25) is 9.36 Å². The predicted molar refractivity (Wildman–Crippen MR) is 129 cm³/mol. The maximum atomic E-state index is 13.5. The van der Waals surface area contributed by atoms with Gasteiger partial charge >= 0.3 is 5.97 Å². The molecule has 1 aliphatic heterocycles. The molecule has 0 fully saturated rings. The Kier molecular flexibility index (Phi) is 6.53. The Bertz CT molecular complexity index is 1400. The number of methoxy groups -OCH3 is 1. The minimum atomic E-state index is -0.600. The molecule has 9 heteroatoms. The molecule has 2 aromatic heterocycles. The predicted octanol–water partition coefficient (Wildman–Crippen LogP) is 3.21. The van der Waals surface area contributed by atoms with E-state index in [4.69, 9.17) is 9.47 Å². The molecule has 7 nitrogen and oxygen atoms in total. The van der Waals surface area contributed by atoms with Crippen molar-refractivity contribution in [3.63, 3.8) is 0 Å². The molecule has 172 valence electrons. The first-order valence-corrected chi connectivity index (χ1v) is 12.1. The van der Waals surface area contributed by atoms with Gasteiger partial charge in [0.05, 0.1) is 29.5 Å². The summed E-state index contributed by atoms with van der Waals surface area (Å²) in [5, 5.41) is 11.8. The number of esters is 1. The number of ether oxygens (including phenoxy) is 2. The van der Waals surface area contributed by atoms with Gasteiger partial charge in [-0.05, 0) is 48.1 Å². The number of aromatic nitrogens is 1. The summed E-state index contributed by atoms with van der Waals surface area (Å²) in [6.07, 6.45) is 1.73. The van der Waals surface area contributed by atoms with Crippen LogP contribution in [0, 0.1) is 5.92 Å². The number of phenolic OH excluding ortho intramolecular Hbond substituents is 1. The van der Waals surface area contributed by atoms with Crippen LogP contribution >= 0.6 is 22.7 Å². The topological polar surface area (TPSA) is 90.1 Å². The van der Waals surface area contributed by atoms with Gasteiger partial charge in [0.15, 0.2) is 16.3 Å². The number of allylic oxidation sites excluding steroid dienone is 1. The number of phenols is 1. The van der Waals surface area contributed by atoms with Crippen molar-refractivity contribution in [2.75, 3.05) is 13.7 Å². The Morgan fingerprint density at radius 2 is 2.12 bits per heavy atom. The maximum absolute atomic E-state index is 13.5. The largest absolute Gasteiger partial charge is 0.504 e. The molecule has 3 heterocycles. The molecule has 0 saturated carbocycles. The van der Waals surface area contributed by atoms with E-state index in [0.29, 0.717) is 38.5 Å². The van der Waals surface area contributed by atoms with Crippen molar-refractivity contribution in [1.29, 1.82) is 0 Å². The maximum Gasteiger partial charge on any atom is 0.338 e. The highest BCUT2D eigenvalue weighted by Gasteiger charge is 2.34. The van der Waals surface area contributed by atoms with Crippen molar-refractivity contribution in [2.24, 2.45) is 10.9 Å². The summed E-state index contributed by atoms with van der Waals surface area (Å²) >= 11 is 2.73. The summed E-state index contributed by atoms with van der Waals surface area (Å²) in [7, 11) is 1.47. The van der Waals surface area contributed by atoms with Gasteiger partial charge in [-0.1, -0.05) is 37.3 Å². The molecular formula is C24H24N2O5S2. The molecule has 0 spiro atoms. The van der Waals surface area contributed by atoms with E-state index in [0.717, 1.165) is 4.88 Å². The smallest absolute Gasteiger partial charge is 0.338 e. The molecule has 3 aromatic rings. The van der Waals surface area contributed by atoms with Gasteiger partial charge < -0.3 is 14.6 Å². The third-order valence-corrected chi connectivity index (χ3v) is 7.01. The van der Waals surface area contributed by atoms with E-state index in [1.807, 2.05) is 31.4 Å². The van der Waals surface area contributed by atoms with Crippen LogP contribution in [0.15, 0.2) is 56.8 Å². The minimum absolute atomic E-state index is 0.0222. The number of rotatable bonds is 6. The third-order valence-electron chi connectivity index (χ3n) is 5.10. The number of aromatic hydroxyl groups is 1. The van der Waals surface area contributed by atoms with Crippen molar-refractivity contribution in [3.8, 4) is 11.5 Å². The van der Waals surface area contributed by atoms with Crippen LogP contribution in [-0.4, -0.2) is 29.4 Å². The first-order valence-electron chi connectivity index (χ1n) is 10.4. The van der Waals surface area contributed by atoms with Gasteiger partial charge in [0.1, 0.15) is 6.04 Å². The van der Waals surface area contributed by atoms with Gasteiger partial charge in [-0.2, -0.15) is 0 Å². The van der Waals surface area contributed by atoms with Crippen molar-refractivity contribution in [2.45, 2.75) is 26.8 Å². The molecule has 1 aromatic carbocycles. The normalized spacial score (nSPS) is 16.0. The Morgan fingerprint density at radius 1 is 1.33 bits per heavy atom. The van der Waals surface area contributed by atoms with Crippen LogP contribution in [0.3, 0.4) is 0 Å². The highest BCUT2D eigenvalue weighted by Crippen LogP contribution is 2.33. The van der Waals surface area contributed by atoms with Crippen molar-refractivity contribution >= 4 is 34.7 Å². The Balaban J connectivity index is 1.86. The lowest BCUT2D eigenvalue weighted by atomic mass is 10.0. The first-order chi connectivity index (χ1) is 15.8. The Labute approximate surface area is 198 Å². The second-order valence-corrected chi connectivity index (χ2v) is 10.0. The van der Waals surface area contributed by atoms with Crippen LogP contribution in [0.2, 0.25) is 0 Å². The van der Waals surface area contributed by atoms with Crippen molar-refractivity contribution in [1.82, 2.24) is 4.57 Å². The lowest BCUT2D eigenvalue weighted by Crippen LogP contribution is -2.39. The monoisotopic (exact) mass is 484 g/mol. The van der Waals surface area contributed by atoms with Crippen LogP contribution in [0.5, 0.6) is 11.5 Å². The minimum Gasteiger partial charge on any atom is -0.504 e. The van der Waals surface area contributed by atoms with Crippen molar-refractivity contribution in [3.05, 3.63) is 77.1 Å². The lowest BCUT2D eigenvalue weighted by molar-refractivity contribution is -0.140. The zero-order valence-corrected chi connectivity index (χ0v) is 20.3. The molecule has 0 amide bonds. The summed E-state index contributed by atoms with van der Waals surface area (Å²) in [6.45, 7) is 6.01. The number of carbonyl (C=O) groups excluding carboxylic acids is 1. The standard InChI is InChI=1S/C24H24N2O5S2/c1-13(2)12-31-23(29)20-14(3)25-24-26(21(20)18-6-5-9-32-18)22(28)19(33-24)11-15-7-8-16(27)17(10-15)30-4/h5-11,13,21,27H,12H2,1-4H3. The number of hydrogen-bond donors (Lipinski definition) is 1. The number of fused-ring (bicyclic) bond motifs is 1. The Hall–Kier alpha value is -3.17. The summed E-state index contributed by atoms with van der Waals surface area (Å²) < 4.78 is 12.7. The molecule has 1 N–H and O–H groups in total. The molecule has 4 rings (SSSR count). The van der Waals surface area contributed by atoms with E-state index in [1.54, 1.807) is 29.7 Å². The SMILES string of the molecule is COc1cc(C=c2sc3n(c2=O)C(c2cccs2)C(C(=O)OCC(C)C)=C(C)N=3)ccc1O.